The third-order valence-corrected chi connectivity index (χ3v) is 5.06. The van der Waals surface area contributed by atoms with Gasteiger partial charge in [0.1, 0.15) is 17.2 Å². The van der Waals surface area contributed by atoms with Crippen LogP contribution in [0.1, 0.15) is 21.5 Å². The first-order chi connectivity index (χ1) is 14.3. The minimum absolute atomic E-state index is 0.0695. The quantitative estimate of drug-likeness (QED) is 0.433. The zero-order chi connectivity index (χ0) is 21.4. The minimum atomic E-state index is -0.554. The second-order valence-corrected chi connectivity index (χ2v) is 7.50. The highest BCUT2D eigenvalue weighted by molar-refractivity contribution is 6.31. The van der Waals surface area contributed by atoms with Crippen molar-refractivity contribution in [2.45, 2.75) is 13.8 Å². The van der Waals surface area contributed by atoms with Crippen molar-refractivity contribution in [3.05, 3.63) is 98.4 Å². The fraction of sp³-hybridized carbons (Fsp3) is 0.0833. The Morgan fingerprint density at radius 2 is 1.73 bits per heavy atom. The van der Waals surface area contributed by atoms with Gasteiger partial charge in [0.25, 0.3) is 5.91 Å². The molecule has 0 saturated heterocycles. The topological polar surface area (TPSA) is 59.3 Å². The van der Waals surface area contributed by atoms with Gasteiger partial charge in [0, 0.05) is 22.9 Å². The van der Waals surface area contributed by atoms with Crippen LogP contribution in [0, 0.1) is 19.7 Å². The highest BCUT2D eigenvalue weighted by Gasteiger charge is 2.12. The van der Waals surface area contributed by atoms with Crippen LogP contribution in [0.2, 0.25) is 5.02 Å². The number of carbonyl (C=O) groups is 1. The Morgan fingerprint density at radius 1 is 1.00 bits per heavy atom. The molecule has 0 atom stereocenters. The highest BCUT2D eigenvalue weighted by Crippen LogP contribution is 2.26. The molecule has 0 fully saturated rings. The number of hydrogen-bond acceptors (Lipinski definition) is 3. The number of amides is 1. The van der Waals surface area contributed by atoms with Gasteiger partial charge in [-0.1, -0.05) is 29.8 Å². The van der Waals surface area contributed by atoms with Gasteiger partial charge < -0.3 is 9.73 Å². The second-order valence-electron chi connectivity index (χ2n) is 7.09. The van der Waals surface area contributed by atoms with E-state index in [4.69, 9.17) is 16.0 Å². The first-order valence-electron chi connectivity index (χ1n) is 9.24. The smallest absolute Gasteiger partial charge is 0.255 e. The second kappa shape index (κ2) is 7.76. The number of anilines is 1. The van der Waals surface area contributed by atoms with E-state index >= 15 is 0 Å². The molecule has 4 aromatic rings. The third-order valence-electron chi connectivity index (χ3n) is 4.77. The molecule has 0 saturated carbocycles. The number of aryl methyl sites for hydroxylation is 2. The van der Waals surface area contributed by atoms with Crippen molar-refractivity contribution in [2.75, 3.05) is 5.32 Å². The molecular weight excluding hydrogens is 405 g/mol. The largest absolute Gasteiger partial charge is 0.456 e. The molecule has 3 aromatic carbocycles. The lowest BCUT2D eigenvalue weighted by Gasteiger charge is -2.08. The molecule has 30 heavy (non-hydrogen) atoms. The molecule has 1 amide bonds. The molecule has 0 unspecified atom stereocenters. The maximum Gasteiger partial charge on any atom is 0.255 e. The Kier molecular flexibility index (Phi) is 5.14. The van der Waals surface area contributed by atoms with Crippen LogP contribution in [-0.2, 0) is 0 Å². The van der Waals surface area contributed by atoms with Crippen LogP contribution in [0.5, 0.6) is 0 Å². The summed E-state index contributed by atoms with van der Waals surface area (Å²) in [6.07, 6.45) is 0. The van der Waals surface area contributed by atoms with Crippen LogP contribution in [-0.4, -0.2) is 5.91 Å². The normalized spacial score (nSPS) is 10.9. The molecule has 0 bridgehead atoms. The molecule has 150 valence electrons. The molecule has 0 aliphatic rings. The summed E-state index contributed by atoms with van der Waals surface area (Å²) in [4.78, 5) is 25.0. The average molecular weight is 422 g/mol. The van der Waals surface area contributed by atoms with Crippen LogP contribution in [0.25, 0.3) is 22.3 Å². The van der Waals surface area contributed by atoms with Crippen LogP contribution >= 0.6 is 11.6 Å². The highest BCUT2D eigenvalue weighted by atomic mass is 35.5. The number of fused-ring (bicyclic) bond motifs is 1. The van der Waals surface area contributed by atoms with Gasteiger partial charge in [0.15, 0.2) is 5.43 Å². The maximum atomic E-state index is 13.3. The number of nitrogens with one attached hydrogen (secondary N) is 1. The van der Waals surface area contributed by atoms with E-state index in [1.54, 1.807) is 24.3 Å². The van der Waals surface area contributed by atoms with E-state index in [0.717, 1.165) is 11.1 Å². The predicted octanol–water partition coefficient (Wildman–Crippen LogP) is 6.12. The van der Waals surface area contributed by atoms with Gasteiger partial charge in [0.2, 0.25) is 0 Å². The summed E-state index contributed by atoms with van der Waals surface area (Å²) < 4.78 is 19.2. The molecule has 0 aliphatic carbocycles. The molecule has 0 radical (unpaired) electrons. The van der Waals surface area contributed by atoms with Crippen molar-refractivity contribution in [2.24, 2.45) is 0 Å². The number of rotatable bonds is 3. The van der Waals surface area contributed by atoms with Gasteiger partial charge in [-0.25, -0.2) is 4.39 Å². The summed E-state index contributed by atoms with van der Waals surface area (Å²) in [7, 11) is 0. The standard InChI is InChI=1S/C24H17ClFNO3/c1-13-9-14(2)23-18(10-13)21(28)12-22(30-23)15-3-5-16(6-4-15)24(29)27-17-7-8-20(26)19(25)11-17/h3-12H,1-2H3,(H,27,29). The predicted molar refractivity (Wildman–Crippen MR) is 117 cm³/mol. The molecular formula is C24H17ClFNO3. The first kappa shape index (κ1) is 19.9. The van der Waals surface area contributed by atoms with Gasteiger partial charge in [-0.2, -0.15) is 0 Å². The van der Waals surface area contributed by atoms with E-state index in [1.807, 2.05) is 26.0 Å². The van der Waals surface area contributed by atoms with Gasteiger partial charge in [-0.05, 0) is 61.4 Å². The van der Waals surface area contributed by atoms with Gasteiger partial charge in [-0.3, -0.25) is 9.59 Å². The Bertz CT molecular complexity index is 1340. The SMILES string of the molecule is Cc1cc(C)c2oc(-c3ccc(C(=O)Nc4ccc(F)c(Cl)c4)cc3)cc(=O)c2c1. The van der Waals surface area contributed by atoms with E-state index in [-0.39, 0.29) is 16.4 Å². The van der Waals surface area contributed by atoms with Gasteiger partial charge >= 0.3 is 0 Å². The van der Waals surface area contributed by atoms with E-state index in [9.17, 15) is 14.0 Å². The number of hydrogen-bond donors (Lipinski definition) is 1. The number of halogens is 2. The number of carbonyl (C=O) groups excluding carboxylic acids is 1. The Labute approximate surface area is 176 Å². The molecule has 4 rings (SSSR count). The van der Waals surface area contributed by atoms with Crippen molar-refractivity contribution in [1.29, 1.82) is 0 Å². The van der Waals surface area contributed by atoms with Gasteiger partial charge in [0.05, 0.1) is 10.4 Å². The molecule has 1 N–H and O–H groups in total. The van der Waals surface area contributed by atoms with Crippen molar-refractivity contribution < 1.29 is 13.6 Å². The van der Waals surface area contributed by atoms with E-state index in [2.05, 4.69) is 5.32 Å². The number of benzene rings is 3. The fourth-order valence-electron chi connectivity index (χ4n) is 3.31. The van der Waals surface area contributed by atoms with E-state index < -0.39 is 5.82 Å². The summed E-state index contributed by atoms with van der Waals surface area (Å²) >= 11 is 5.74. The van der Waals surface area contributed by atoms with Crippen molar-refractivity contribution in [1.82, 2.24) is 0 Å². The first-order valence-corrected chi connectivity index (χ1v) is 9.61. The van der Waals surface area contributed by atoms with E-state index in [0.29, 0.717) is 33.5 Å². The van der Waals surface area contributed by atoms with Crippen LogP contribution in [0.3, 0.4) is 0 Å². The zero-order valence-electron chi connectivity index (χ0n) is 16.3. The molecule has 0 aliphatic heterocycles. The average Bonchev–Trinajstić information content (AvgIpc) is 2.71. The monoisotopic (exact) mass is 421 g/mol. The zero-order valence-corrected chi connectivity index (χ0v) is 17.0. The summed E-state index contributed by atoms with van der Waals surface area (Å²) in [5.74, 6) is -0.492. The summed E-state index contributed by atoms with van der Waals surface area (Å²) in [5.41, 5.74) is 3.79. The Balaban J connectivity index is 1.62. The maximum absolute atomic E-state index is 13.3. The Hall–Kier alpha value is -3.44. The van der Waals surface area contributed by atoms with Crippen molar-refractivity contribution in [3.8, 4) is 11.3 Å². The molecule has 1 heterocycles. The van der Waals surface area contributed by atoms with Gasteiger partial charge in [-0.15, -0.1) is 0 Å². The summed E-state index contributed by atoms with van der Waals surface area (Å²) in [5, 5.41) is 3.15. The van der Waals surface area contributed by atoms with Crippen molar-refractivity contribution >= 4 is 34.2 Å². The van der Waals surface area contributed by atoms with Crippen LogP contribution < -0.4 is 10.7 Å². The Morgan fingerprint density at radius 3 is 2.43 bits per heavy atom. The molecule has 0 spiro atoms. The molecule has 4 nitrogen and oxygen atoms in total. The lowest BCUT2D eigenvalue weighted by molar-refractivity contribution is 0.102. The molecule has 6 heteroatoms. The third kappa shape index (κ3) is 3.84. The fourth-order valence-corrected chi connectivity index (χ4v) is 3.49. The van der Waals surface area contributed by atoms with Crippen LogP contribution in [0.15, 0.2) is 69.9 Å². The summed E-state index contributed by atoms with van der Waals surface area (Å²) in [6.45, 7) is 3.83. The molecule has 1 aromatic heterocycles. The van der Waals surface area contributed by atoms with Crippen molar-refractivity contribution in [3.63, 3.8) is 0 Å². The van der Waals surface area contributed by atoms with E-state index in [1.165, 1.54) is 24.3 Å². The lowest BCUT2D eigenvalue weighted by Crippen LogP contribution is -2.11. The van der Waals surface area contributed by atoms with Crippen LogP contribution in [0.4, 0.5) is 10.1 Å². The lowest BCUT2D eigenvalue weighted by atomic mass is 10.1. The summed E-state index contributed by atoms with van der Waals surface area (Å²) in [6, 6.07) is 15.9. The minimum Gasteiger partial charge on any atom is -0.456 e.